The molecule has 0 aliphatic carbocycles. The second kappa shape index (κ2) is 7.96. The van der Waals surface area contributed by atoms with E-state index in [9.17, 15) is 4.79 Å². The van der Waals surface area contributed by atoms with Gasteiger partial charge in [-0.2, -0.15) is 0 Å². The highest BCUT2D eigenvalue weighted by Crippen LogP contribution is 2.26. The molecule has 0 saturated heterocycles. The second-order valence-corrected chi connectivity index (χ2v) is 6.40. The van der Waals surface area contributed by atoms with Crippen molar-refractivity contribution in [3.05, 3.63) is 70.6 Å². The molecule has 2 aromatic carbocycles. The summed E-state index contributed by atoms with van der Waals surface area (Å²) in [4.78, 5) is 16.5. The number of rotatable bonds is 5. The molecule has 0 saturated carbocycles. The molecule has 1 aromatic heterocycles. The van der Waals surface area contributed by atoms with Crippen LogP contribution >= 0.6 is 22.9 Å². The molecule has 1 heterocycles. The quantitative estimate of drug-likeness (QED) is 0.634. The minimum Gasteiger partial charge on any atom is -0.496 e. The molecule has 0 unspecified atom stereocenters. The molecule has 0 atom stereocenters. The van der Waals surface area contributed by atoms with E-state index in [1.54, 1.807) is 13.2 Å². The standard InChI is InChI=1S/C19H15ClN2O2S/c1-24-17-5-3-2-4-14(17)8-11-18(23)22-19-21-16(12-25-19)13-6-9-15(20)10-7-13/h2-12H,1H3,(H,21,22,23). The monoisotopic (exact) mass is 370 g/mol. The van der Waals surface area contributed by atoms with E-state index < -0.39 is 0 Å². The minimum atomic E-state index is -0.247. The SMILES string of the molecule is COc1ccccc1C=CC(=O)Nc1nc(-c2ccc(Cl)cc2)cs1. The number of para-hydroxylation sites is 1. The number of thiazole rings is 1. The topological polar surface area (TPSA) is 51.2 Å². The Labute approximate surface area is 154 Å². The lowest BCUT2D eigenvalue weighted by Crippen LogP contribution is -2.07. The number of halogens is 1. The maximum atomic E-state index is 12.1. The fraction of sp³-hybridized carbons (Fsp3) is 0.0526. The molecule has 25 heavy (non-hydrogen) atoms. The number of carbonyl (C=O) groups is 1. The number of hydrogen-bond donors (Lipinski definition) is 1. The molecule has 3 aromatic rings. The number of carbonyl (C=O) groups excluding carboxylic acids is 1. The highest BCUT2D eigenvalue weighted by atomic mass is 35.5. The Morgan fingerprint density at radius 2 is 1.96 bits per heavy atom. The van der Waals surface area contributed by atoms with Crippen molar-refractivity contribution in [1.29, 1.82) is 0 Å². The minimum absolute atomic E-state index is 0.247. The Morgan fingerprint density at radius 1 is 1.20 bits per heavy atom. The van der Waals surface area contributed by atoms with Crippen molar-refractivity contribution < 1.29 is 9.53 Å². The van der Waals surface area contributed by atoms with Crippen LogP contribution in [0.2, 0.25) is 5.02 Å². The van der Waals surface area contributed by atoms with Gasteiger partial charge in [0.25, 0.3) is 0 Å². The molecule has 0 aliphatic heterocycles. The van der Waals surface area contributed by atoms with Crippen LogP contribution in [0.15, 0.2) is 60.0 Å². The number of benzene rings is 2. The fourth-order valence-corrected chi connectivity index (χ4v) is 3.05. The van der Waals surface area contributed by atoms with E-state index in [1.165, 1.54) is 17.4 Å². The van der Waals surface area contributed by atoms with E-state index >= 15 is 0 Å². The first kappa shape index (κ1) is 17.2. The zero-order valence-corrected chi connectivity index (χ0v) is 15.0. The number of amides is 1. The van der Waals surface area contributed by atoms with Gasteiger partial charge in [-0.25, -0.2) is 4.98 Å². The van der Waals surface area contributed by atoms with E-state index in [1.807, 2.05) is 53.9 Å². The lowest BCUT2D eigenvalue weighted by Gasteiger charge is -2.03. The van der Waals surface area contributed by atoms with Gasteiger partial charge in [-0.15, -0.1) is 11.3 Å². The first-order valence-electron chi connectivity index (χ1n) is 7.49. The normalized spacial score (nSPS) is 10.8. The van der Waals surface area contributed by atoms with Crippen molar-refractivity contribution >= 4 is 40.1 Å². The smallest absolute Gasteiger partial charge is 0.250 e. The van der Waals surface area contributed by atoms with Crippen LogP contribution in [0.3, 0.4) is 0 Å². The van der Waals surface area contributed by atoms with Crippen LogP contribution in [0.4, 0.5) is 5.13 Å². The van der Waals surface area contributed by atoms with Crippen molar-refractivity contribution in [2.45, 2.75) is 0 Å². The Kier molecular flexibility index (Phi) is 5.48. The van der Waals surface area contributed by atoms with E-state index in [-0.39, 0.29) is 5.91 Å². The van der Waals surface area contributed by atoms with Crippen LogP contribution in [0.5, 0.6) is 5.75 Å². The molecule has 6 heteroatoms. The van der Waals surface area contributed by atoms with Gasteiger partial charge in [-0.1, -0.05) is 41.9 Å². The van der Waals surface area contributed by atoms with Crippen molar-refractivity contribution in [2.24, 2.45) is 0 Å². The van der Waals surface area contributed by atoms with E-state index in [0.717, 1.165) is 16.8 Å². The summed E-state index contributed by atoms with van der Waals surface area (Å²) in [6.45, 7) is 0. The summed E-state index contributed by atoms with van der Waals surface area (Å²) in [6.07, 6.45) is 3.17. The number of nitrogens with one attached hydrogen (secondary N) is 1. The molecule has 0 aliphatic rings. The zero-order valence-electron chi connectivity index (χ0n) is 13.4. The molecule has 0 spiro atoms. The van der Waals surface area contributed by atoms with Gasteiger partial charge in [0, 0.05) is 27.6 Å². The Balaban J connectivity index is 1.67. The first-order valence-corrected chi connectivity index (χ1v) is 8.75. The summed E-state index contributed by atoms with van der Waals surface area (Å²) in [6, 6.07) is 14.9. The third-order valence-corrected chi connectivity index (χ3v) is 4.44. The number of ether oxygens (including phenoxy) is 1. The summed E-state index contributed by atoms with van der Waals surface area (Å²) in [5.41, 5.74) is 2.58. The molecule has 1 amide bonds. The average molecular weight is 371 g/mol. The van der Waals surface area contributed by atoms with Gasteiger partial charge in [-0.3, -0.25) is 10.1 Å². The summed E-state index contributed by atoms with van der Waals surface area (Å²) in [5, 5.41) is 5.87. The maximum Gasteiger partial charge on any atom is 0.250 e. The van der Waals surface area contributed by atoms with Gasteiger partial charge in [0.2, 0.25) is 5.91 Å². The van der Waals surface area contributed by atoms with Gasteiger partial charge < -0.3 is 4.74 Å². The van der Waals surface area contributed by atoms with Gasteiger partial charge in [0.05, 0.1) is 12.8 Å². The number of anilines is 1. The molecule has 0 bridgehead atoms. The predicted molar refractivity (Wildman–Crippen MR) is 103 cm³/mol. The average Bonchev–Trinajstić information content (AvgIpc) is 3.09. The second-order valence-electron chi connectivity index (χ2n) is 5.11. The molecule has 3 rings (SSSR count). The molecule has 0 fully saturated rings. The number of methoxy groups -OCH3 is 1. The third kappa shape index (κ3) is 4.47. The van der Waals surface area contributed by atoms with Crippen LogP contribution in [0.1, 0.15) is 5.56 Å². The summed E-state index contributed by atoms with van der Waals surface area (Å²) in [5.74, 6) is 0.466. The van der Waals surface area contributed by atoms with E-state index in [4.69, 9.17) is 16.3 Å². The number of aromatic nitrogens is 1. The molecule has 4 nitrogen and oxygen atoms in total. The molecule has 1 N–H and O–H groups in total. The largest absolute Gasteiger partial charge is 0.496 e. The van der Waals surface area contributed by atoms with Crippen molar-refractivity contribution in [3.63, 3.8) is 0 Å². The molecule has 0 radical (unpaired) electrons. The summed E-state index contributed by atoms with van der Waals surface area (Å²) in [7, 11) is 1.60. The van der Waals surface area contributed by atoms with Crippen LogP contribution in [-0.4, -0.2) is 18.0 Å². The Hall–Kier alpha value is -2.63. The van der Waals surface area contributed by atoms with E-state index in [2.05, 4.69) is 10.3 Å². The van der Waals surface area contributed by atoms with Crippen LogP contribution < -0.4 is 10.1 Å². The lowest BCUT2D eigenvalue weighted by molar-refractivity contribution is -0.111. The summed E-state index contributed by atoms with van der Waals surface area (Å²) >= 11 is 7.26. The zero-order chi connectivity index (χ0) is 17.6. The summed E-state index contributed by atoms with van der Waals surface area (Å²) < 4.78 is 5.25. The molecular weight excluding hydrogens is 356 g/mol. The van der Waals surface area contributed by atoms with E-state index in [0.29, 0.717) is 15.9 Å². The first-order chi connectivity index (χ1) is 12.2. The van der Waals surface area contributed by atoms with Gasteiger partial charge in [0.15, 0.2) is 5.13 Å². The third-order valence-electron chi connectivity index (χ3n) is 3.43. The highest BCUT2D eigenvalue weighted by Gasteiger charge is 2.07. The maximum absolute atomic E-state index is 12.1. The lowest BCUT2D eigenvalue weighted by atomic mass is 10.2. The fourth-order valence-electron chi connectivity index (χ4n) is 2.20. The number of hydrogen-bond acceptors (Lipinski definition) is 4. The van der Waals surface area contributed by atoms with Gasteiger partial charge in [-0.05, 0) is 24.3 Å². The Morgan fingerprint density at radius 3 is 2.72 bits per heavy atom. The van der Waals surface area contributed by atoms with Crippen LogP contribution in [0, 0.1) is 0 Å². The van der Waals surface area contributed by atoms with Crippen molar-refractivity contribution in [2.75, 3.05) is 12.4 Å². The van der Waals surface area contributed by atoms with Crippen molar-refractivity contribution in [1.82, 2.24) is 4.98 Å². The molecular formula is C19H15ClN2O2S. The van der Waals surface area contributed by atoms with Gasteiger partial charge in [0.1, 0.15) is 5.75 Å². The predicted octanol–water partition coefficient (Wildman–Crippen LogP) is 5.12. The van der Waals surface area contributed by atoms with Crippen LogP contribution in [-0.2, 0) is 4.79 Å². The van der Waals surface area contributed by atoms with Crippen molar-refractivity contribution in [3.8, 4) is 17.0 Å². The van der Waals surface area contributed by atoms with Crippen LogP contribution in [0.25, 0.3) is 17.3 Å². The highest BCUT2D eigenvalue weighted by molar-refractivity contribution is 7.14. The Bertz CT molecular complexity index is 904. The molecule has 126 valence electrons. The van der Waals surface area contributed by atoms with Gasteiger partial charge >= 0.3 is 0 Å². The number of nitrogens with zero attached hydrogens (tertiary/aromatic N) is 1.